The first-order valence-corrected chi connectivity index (χ1v) is 14.2. The molecule has 0 fully saturated rings. The Morgan fingerprint density at radius 3 is 2.25 bits per heavy atom. The Balaban J connectivity index is 0.000000469. The number of unbranched alkanes of at least 4 members (excludes halogenated alkanes) is 4. The number of aryl methyl sites for hydroxylation is 1. The molecule has 1 unspecified atom stereocenters. The van der Waals surface area contributed by atoms with Gasteiger partial charge in [0.25, 0.3) is 0 Å². The van der Waals surface area contributed by atoms with Crippen molar-refractivity contribution in [2.75, 3.05) is 26.3 Å². The maximum atomic E-state index is 10.2. The Morgan fingerprint density at radius 1 is 0.900 bits per heavy atom. The Kier molecular flexibility index (Phi) is 16.6. The lowest BCUT2D eigenvalue weighted by atomic mass is 10.1. The van der Waals surface area contributed by atoms with Crippen LogP contribution in [-0.2, 0) is 17.8 Å². The fraction of sp³-hybridized carbons (Fsp3) is 0.406. The molecule has 0 aromatic heterocycles. The molecule has 3 rings (SSSR count). The van der Waals surface area contributed by atoms with Gasteiger partial charge in [-0.1, -0.05) is 73.0 Å². The van der Waals surface area contributed by atoms with Crippen LogP contribution in [0.15, 0.2) is 72.8 Å². The Morgan fingerprint density at radius 2 is 1.57 bits per heavy atom. The van der Waals surface area contributed by atoms with E-state index in [1.807, 2.05) is 0 Å². The molecule has 0 amide bonds. The normalized spacial score (nSPS) is 11.5. The minimum atomic E-state index is -1.18. The number of carboxylic acid groups (broad SMARTS) is 1. The van der Waals surface area contributed by atoms with Gasteiger partial charge in [0, 0.05) is 30.3 Å². The van der Waals surface area contributed by atoms with Crippen LogP contribution in [0.1, 0.15) is 71.7 Å². The van der Waals surface area contributed by atoms with Crippen LogP contribution >= 0.6 is 11.6 Å². The summed E-state index contributed by atoms with van der Waals surface area (Å²) in [5.41, 5.74) is 2.68. The molecule has 0 aliphatic heterocycles. The molecule has 8 heteroatoms. The predicted molar refractivity (Wildman–Crippen MR) is 156 cm³/mol. The fourth-order valence-electron chi connectivity index (χ4n) is 3.97. The van der Waals surface area contributed by atoms with E-state index >= 15 is 0 Å². The number of aromatic carboxylic acids is 1. The molecule has 7 nitrogen and oxygen atoms in total. The number of rotatable bonds is 17. The number of phenols is 1. The summed E-state index contributed by atoms with van der Waals surface area (Å²) in [6.45, 7) is 2.77. The largest absolute Gasteiger partial charge is 0.545 e. The van der Waals surface area contributed by atoms with E-state index in [9.17, 15) is 25.2 Å². The summed E-state index contributed by atoms with van der Waals surface area (Å²) in [5.74, 6) is -1.13. The molecule has 0 bridgehead atoms. The molecule has 0 saturated heterocycles. The van der Waals surface area contributed by atoms with E-state index in [4.69, 9.17) is 16.3 Å². The third-order valence-electron chi connectivity index (χ3n) is 6.32. The zero-order chi connectivity index (χ0) is 29.0. The van der Waals surface area contributed by atoms with Crippen LogP contribution < -0.4 is 10.4 Å². The van der Waals surface area contributed by atoms with Crippen molar-refractivity contribution in [2.24, 2.45) is 0 Å². The van der Waals surface area contributed by atoms with Gasteiger partial charge < -0.3 is 35.3 Å². The van der Waals surface area contributed by atoms with Gasteiger partial charge in [-0.2, -0.15) is 0 Å². The quantitative estimate of drug-likeness (QED) is 0.172. The van der Waals surface area contributed by atoms with E-state index < -0.39 is 12.1 Å². The first-order chi connectivity index (χ1) is 19.4. The molecule has 0 aliphatic carbocycles. The molecule has 0 radical (unpaired) electrons. The van der Waals surface area contributed by atoms with Crippen LogP contribution in [0.3, 0.4) is 0 Å². The van der Waals surface area contributed by atoms with Crippen LogP contribution in [0, 0.1) is 0 Å². The number of hydrogen-bond acceptors (Lipinski definition) is 7. The topological polar surface area (TPSA) is 122 Å². The van der Waals surface area contributed by atoms with Gasteiger partial charge in [-0.05, 0) is 79.6 Å². The van der Waals surface area contributed by atoms with Crippen LogP contribution in [-0.4, -0.2) is 47.6 Å². The maximum Gasteiger partial charge on any atom is 0.121 e. The van der Waals surface area contributed by atoms with Gasteiger partial charge >= 0.3 is 0 Å². The molecule has 3 aromatic carbocycles. The number of aromatic hydroxyl groups is 1. The summed E-state index contributed by atoms with van der Waals surface area (Å²) in [4.78, 5) is 10.2. The van der Waals surface area contributed by atoms with Crippen LogP contribution in [0.5, 0.6) is 5.75 Å². The average Bonchev–Trinajstić information content (AvgIpc) is 2.96. The highest BCUT2D eigenvalue weighted by Gasteiger charge is 2.09. The summed E-state index contributed by atoms with van der Waals surface area (Å²) in [7, 11) is 0. The van der Waals surface area contributed by atoms with Gasteiger partial charge in [-0.3, -0.25) is 0 Å². The minimum Gasteiger partial charge on any atom is -0.545 e. The van der Waals surface area contributed by atoms with Crippen LogP contribution in [0.4, 0.5) is 0 Å². The summed E-state index contributed by atoms with van der Waals surface area (Å²) < 4.78 is 5.72. The predicted octanol–water partition coefficient (Wildman–Crippen LogP) is 4.81. The number of carboxylic acids is 1. The molecule has 0 aliphatic rings. The van der Waals surface area contributed by atoms with Crippen molar-refractivity contribution in [2.45, 2.75) is 57.7 Å². The molecule has 1 atom stereocenters. The summed E-state index contributed by atoms with van der Waals surface area (Å²) in [6, 6.07) is 21.2. The van der Waals surface area contributed by atoms with Gasteiger partial charge in [0.1, 0.15) is 5.75 Å². The molecule has 40 heavy (non-hydrogen) atoms. The second kappa shape index (κ2) is 20.0. The standard InChI is InChI=1S/C25H37NO4.C7H5ClO2/c27-20-23-18-22(13-14-24(23)28)25(29)19-26-15-7-1-2-8-16-30-17-9-6-12-21-10-4-3-5-11-21;8-6-3-1-5(2-4-6)7(9)10/h3-5,10-11,13-14,18,25-29H,1-2,6-9,12,15-17,19-20H2;1-4H,(H,9,10)/p-1. The Hall–Kier alpha value is -2.94. The highest BCUT2D eigenvalue weighted by atomic mass is 35.5. The third kappa shape index (κ3) is 13.9. The number of halogens is 1. The smallest absolute Gasteiger partial charge is 0.121 e. The van der Waals surface area contributed by atoms with Gasteiger partial charge in [0.2, 0.25) is 0 Å². The lowest BCUT2D eigenvalue weighted by Crippen LogP contribution is -2.22. The molecular formula is C32H41ClNO6-. The SMILES string of the molecule is O=C([O-])c1ccc(Cl)cc1.OCc1cc(C(O)CNCCCCCCOCCCCc2ccccc2)ccc1O. The molecule has 0 spiro atoms. The molecule has 4 N–H and O–H groups in total. The van der Waals surface area contributed by atoms with Gasteiger partial charge in [-0.25, -0.2) is 0 Å². The Bertz CT molecular complexity index is 1090. The van der Waals surface area contributed by atoms with Gasteiger partial charge in [0.05, 0.1) is 18.7 Å². The van der Waals surface area contributed by atoms with Crippen molar-refractivity contribution >= 4 is 17.6 Å². The minimum absolute atomic E-state index is 0.0533. The average molecular weight is 571 g/mol. The molecule has 0 saturated carbocycles. The van der Waals surface area contributed by atoms with E-state index in [2.05, 4.69) is 35.6 Å². The van der Waals surface area contributed by atoms with Crippen molar-refractivity contribution in [3.05, 3.63) is 100 Å². The van der Waals surface area contributed by atoms with Crippen molar-refractivity contribution in [1.29, 1.82) is 0 Å². The zero-order valence-electron chi connectivity index (χ0n) is 22.9. The monoisotopic (exact) mass is 570 g/mol. The molecular weight excluding hydrogens is 530 g/mol. The van der Waals surface area contributed by atoms with Crippen LogP contribution in [0.25, 0.3) is 0 Å². The first-order valence-electron chi connectivity index (χ1n) is 13.8. The van der Waals surface area contributed by atoms with E-state index in [-0.39, 0.29) is 17.9 Å². The Labute approximate surface area is 242 Å². The number of ether oxygens (including phenoxy) is 1. The van der Waals surface area contributed by atoms with Gasteiger partial charge in [0.15, 0.2) is 0 Å². The summed E-state index contributed by atoms with van der Waals surface area (Å²) in [5, 5.41) is 42.9. The number of benzene rings is 3. The van der Waals surface area contributed by atoms with Crippen molar-refractivity contribution in [3.8, 4) is 5.75 Å². The zero-order valence-corrected chi connectivity index (χ0v) is 23.7. The number of carbonyl (C=O) groups is 1. The van der Waals surface area contributed by atoms with Crippen molar-refractivity contribution < 1.29 is 30.0 Å². The number of aliphatic hydroxyl groups excluding tert-OH is 2. The third-order valence-corrected chi connectivity index (χ3v) is 6.57. The highest BCUT2D eigenvalue weighted by Crippen LogP contribution is 2.22. The molecule has 218 valence electrons. The number of hydrogen-bond donors (Lipinski definition) is 4. The van der Waals surface area contributed by atoms with E-state index in [0.717, 1.165) is 58.3 Å². The van der Waals surface area contributed by atoms with E-state index in [1.54, 1.807) is 12.1 Å². The van der Waals surface area contributed by atoms with E-state index in [0.29, 0.717) is 22.7 Å². The number of carbonyl (C=O) groups excluding carboxylic acids is 1. The van der Waals surface area contributed by atoms with Gasteiger partial charge in [-0.15, -0.1) is 0 Å². The molecule has 0 heterocycles. The van der Waals surface area contributed by atoms with Crippen LogP contribution in [0.2, 0.25) is 5.02 Å². The maximum absolute atomic E-state index is 10.2. The van der Waals surface area contributed by atoms with Crippen molar-refractivity contribution in [3.63, 3.8) is 0 Å². The second-order valence-electron chi connectivity index (χ2n) is 9.53. The molecule has 3 aromatic rings. The van der Waals surface area contributed by atoms with E-state index in [1.165, 1.54) is 42.3 Å². The lowest BCUT2D eigenvalue weighted by molar-refractivity contribution is -0.255. The number of aliphatic hydroxyl groups is 2. The fourth-order valence-corrected chi connectivity index (χ4v) is 4.10. The second-order valence-corrected chi connectivity index (χ2v) is 9.97. The lowest BCUT2D eigenvalue weighted by Gasteiger charge is -2.14. The summed E-state index contributed by atoms with van der Waals surface area (Å²) >= 11 is 5.50. The first kappa shape index (κ1) is 33.3. The highest BCUT2D eigenvalue weighted by molar-refractivity contribution is 6.30. The number of nitrogens with one attached hydrogen (secondary N) is 1. The van der Waals surface area contributed by atoms with Crippen molar-refractivity contribution in [1.82, 2.24) is 5.32 Å². The summed E-state index contributed by atoms with van der Waals surface area (Å²) in [6.07, 6.45) is 7.24.